The predicted molar refractivity (Wildman–Crippen MR) is 315 cm³/mol. The Kier molecular flexibility index (Phi) is 10.5. The van der Waals surface area contributed by atoms with Crippen LogP contribution in [0, 0.1) is 6.92 Å². The maximum atomic E-state index is 6.07. The Morgan fingerprint density at radius 2 is 1.11 bits per heavy atom. The predicted octanol–water partition coefficient (Wildman–Crippen LogP) is 16.6. The number of rotatable bonds is 5. The fourth-order valence-electron chi connectivity index (χ4n) is 12.4. The van der Waals surface area contributed by atoms with Gasteiger partial charge in [-0.15, -0.1) is 11.3 Å². The molecule has 0 fully saturated rings. The van der Waals surface area contributed by atoms with Gasteiger partial charge >= 0.3 is 0 Å². The monoisotopic (exact) mass is 974 g/mol. The Hall–Kier alpha value is -6.70. The molecule has 3 aliphatic rings. The maximum absolute atomic E-state index is 6.07. The number of hydrogen-bond acceptors (Lipinski definition) is 6. The van der Waals surface area contributed by atoms with E-state index in [-0.39, 0.29) is 33.8 Å². The van der Waals surface area contributed by atoms with Gasteiger partial charge in [0.2, 0.25) is 5.95 Å². The summed E-state index contributed by atoms with van der Waals surface area (Å²) in [7, 11) is 0. The second kappa shape index (κ2) is 16.2. The lowest BCUT2D eigenvalue weighted by Crippen LogP contribution is -2.61. The van der Waals surface area contributed by atoms with E-state index in [4.69, 9.17) is 9.97 Å². The summed E-state index contributed by atoms with van der Waals surface area (Å²) < 4.78 is 2.59. The van der Waals surface area contributed by atoms with E-state index in [2.05, 4.69) is 257 Å². The zero-order valence-corrected chi connectivity index (χ0v) is 46.1. The van der Waals surface area contributed by atoms with E-state index in [0.29, 0.717) is 5.95 Å². The first-order valence-electron chi connectivity index (χ1n) is 26.3. The first-order chi connectivity index (χ1) is 34.5. The van der Waals surface area contributed by atoms with Gasteiger partial charge in [-0.2, -0.15) is 9.97 Å². The molecule has 2 aromatic heterocycles. The standard InChI is InChI=1S/C66H68BN5S/c1-40-19-33-54-53(35-40)67-56-59(71(54)46-27-21-43(22-28-46)62(2,3)4)68-61(70(48-26-20-41-17-15-16-18-42(41)36-48)49-31-32-51-52(38-49)66(13,14)39-65(51,11)12)69-60(56)72(47-29-23-44(24-30-47)63(5,6)7)57-50-37-45(64(8,9)10)25-34-55(50)73-58(57)67/h15-38H,39H2,1-14H3. The van der Waals surface area contributed by atoms with E-state index in [9.17, 15) is 0 Å². The van der Waals surface area contributed by atoms with E-state index in [0.717, 1.165) is 52.0 Å². The van der Waals surface area contributed by atoms with Crippen molar-refractivity contribution in [1.82, 2.24) is 9.97 Å². The van der Waals surface area contributed by atoms with Crippen molar-refractivity contribution >= 4 is 106 Å². The van der Waals surface area contributed by atoms with Crippen molar-refractivity contribution in [2.45, 2.75) is 130 Å². The molecule has 0 bridgehead atoms. The molecule has 5 nitrogen and oxygen atoms in total. The largest absolute Gasteiger partial charge is 0.296 e. The Labute approximate surface area is 438 Å². The van der Waals surface area contributed by atoms with Crippen molar-refractivity contribution in [1.29, 1.82) is 0 Å². The molecule has 0 saturated carbocycles. The van der Waals surface area contributed by atoms with E-state index in [1.54, 1.807) is 0 Å². The molecule has 9 aromatic rings. The second-order valence-electron chi connectivity index (χ2n) is 25.7. The normalized spacial score (nSPS) is 15.6. The van der Waals surface area contributed by atoms with Crippen molar-refractivity contribution in [3.8, 4) is 0 Å². The number of hydrogen-bond donors (Lipinski definition) is 0. The van der Waals surface area contributed by atoms with Crippen molar-refractivity contribution in [3.05, 3.63) is 179 Å². The van der Waals surface area contributed by atoms with Crippen LogP contribution in [0.4, 0.5) is 51.7 Å². The molecule has 12 rings (SSSR count). The number of nitrogens with zero attached hydrogens (tertiary/aromatic N) is 5. The second-order valence-corrected chi connectivity index (χ2v) is 26.7. The molecule has 0 spiro atoms. The third-order valence-electron chi connectivity index (χ3n) is 16.2. The third-order valence-corrected chi connectivity index (χ3v) is 17.4. The van der Waals surface area contributed by atoms with Crippen LogP contribution in [0.25, 0.3) is 20.9 Å². The summed E-state index contributed by atoms with van der Waals surface area (Å²) in [5, 5.41) is 3.62. The first kappa shape index (κ1) is 47.3. The van der Waals surface area contributed by atoms with Gasteiger partial charge in [0, 0.05) is 48.8 Å². The van der Waals surface area contributed by atoms with Crippen molar-refractivity contribution < 1.29 is 0 Å². The minimum atomic E-state index is -0.119. The fourth-order valence-corrected chi connectivity index (χ4v) is 13.7. The van der Waals surface area contributed by atoms with Crippen LogP contribution >= 0.6 is 11.3 Å². The minimum Gasteiger partial charge on any atom is -0.296 e. The van der Waals surface area contributed by atoms with Gasteiger partial charge in [-0.1, -0.05) is 174 Å². The molecule has 0 N–H and O–H groups in total. The molecule has 2 aliphatic heterocycles. The van der Waals surface area contributed by atoms with Gasteiger partial charge in [0.25, 0.3) is 6.71 Å². The first-order valence-corrected chi connectivity index (χ1v) is 27.1. The molecule has 0 unspecified atom stereocenters. The molecular weight excluding hydrogens is 906 g/mol. The number of aryl methyl sites for hydroxylation is 1. The van der Waals surface area contributed by atoms with E-state index in [1.165, 1.54) is 70.2 Å². The summed E-state index contributed by atoms with van der Waals surface area (Å²) in [5.41, 5.74) is 16.8. The van der Waals surface area contributed by atoms with Crippen molar-refractivity contribution in [3.63, 3.8) is 0 Å². The molecular formula is C66H68BN5S. The van der Waals surface area contributed by atoms with Crippen LogP contribution in [-0.2, 0) is 27.1 Å². The van der Waals surface area contributed by atoms with Crippen molar-refractivity contribution in [2.24, 2.45) is 0 Å². The highest BCUT2D eigenvalue weighted by Gasteiger charge is 2.48. The van der Waals surface area contributed by atoms with Crippen LogP contribution in [0.1, 0.15) is 130 Å². The van der Waals surface area contributed by atoms with E-state index in [1.807, 2.05) is 11.3 Å². The SMILES string of the molecule is Cc1ccc2c(c1)B1c3sc4ccc(C(C)(C)C)cc4c3N(c3ccc(C(C)(C)C)cc3)c3nc(N(c4ccc5c(c4)C(C)(C)CC5(C)C)c4ccc5ccccc5c4)nc(c31)N2c1ccc(C(C)(C)C)cc1. The Morgan fingerprint density at radius 1 is 0.548 bits per heavy atom. The highest BCUT2D eigenvalue weighted by Crippen LogP contribution is 2.53. The van der Waals surface area contributed by atoms with Gasteiger partial charge in [0.05, 0.1) is 5.69 Å². The van der Waals surface area contributed by atoms with Crippen LogP contribution in [-0.4, -0.2) is 16.7 Å². The summed E-state index contributed by atoms with van der Waals surface area (Å²) in [5.74, 6) is 2.42. The van der Waals surface area contributed by atoms with E-state index < -0.39 is 0 Å². The summed E-state index contributed by atoms with van der Waals surface area (Å²) >= 11 is 1.92. The quantitative estimate of drug-likeness (QED) is 0.161. The summed E-state index contributed by atoms with van der Waals surface area (Å²) in [4.78, 5) is 19.4. The van der Waals surface area contributed by atoms with Gasteiger partial charge in [0.15, 0.2) is 0 Å². The highest BCUT2D eigenvalue weighted by atomic mass is 32.1. The van der Waals surface area contributed by atoms with Gasteiger partial charge in [-0.05, 0) is 151 Å². The Bertz CT molecular complexity index is 3690. The van der Waals surface area contributed by atoms with Gasteiger partial charge in [-0.25, -0.2) is 0 Å². The molecule has 7 aromatic carbocycles. The third kappa shape index (κ3) is 7.70. The van der Waals surface area contributed by atoms with Gasteiger partial charge in [-0.3, -0.25) is 14.7 Å². The van der Waals surface area contributed by atoms with Crippen LogP contribution in [0.5, 0.6) is 0 Å². The lowest BCUT2D eigenvalue weighted by molar-refractivity contribution is 0.403. The number of thiophene rings is 1. The number of fused-ring (bicyclic) bond motifs is 8. The number of anilines is 9. The zero-order chi connectivity index (χ0) is 51.3. The van der Waals surface area contributed by atoms with Crippen molar-refractivity contribution in [2.75, 3.05) is 14.7 Å². The maximum Gasteiger partial charge on any atom is 0.268 e. The summed E-state index contributed by atoms with van der Waals surface area (Å²) in [6, 6.07) is 55.3. The lowest BCUT2D eigenvalue weighted by atomic mass is 9.36. The number of benzene rings is 7. The Balaban J connectivity index is 1.22. The van der Waals surface area contributed by atoms with Gasteiger partial charge in [0.1, 0.15) is 11.6 Å². The Morgan fingerprint density at radius 3 is 1.75 bits per heavy atom. The van der Waals surface area contributed by atoms with Crippen LogP contribution in [0.2, 0.25) is 0 Å². The number of aromatic nitrogens is 2. The minimum absolute atomic E-state index is 0.00470. The topological polar surface area (TPSA) is 35.5 Å². The molecule has 0 radical (unpaired) electrons. The molecule has 7 heteroatoms. The van der Waals surface area contributed by atoms with Crippen LogP contribution in [0.15, 0.2) is 146 Å². The zero-order valence-electron chi connectivity index (χ0n) is 45.3. The molecule has 0 atom stereocenters. The van der Waals surface area contributed by atoms with Crippen LogP contribution < -0.4 is 30.4 Å². The highest BCUT2D eigenvalue weighted by molar-refractivity contribution is 7.33. The van der Waals surface area contributed by atoms with Gasteiger partial charge < -0.3 is 0 Å². The molecule has 0 amide bonds. The molecule has 1 aliphatic carbocycles. The molecule has 366 valence electrons. The van der Waals surface area contributed by atoms with Crippen LogP contribution in [0.3, 0.4) is 0 Å². The molecule has 4 heterocycles. The fraction of sp³-hybridized carbons (Fsp3) is 0.303. The lowest BCUT2D eigenvalue weighted by Gasteiger charge is -2.42. The molecule has 0 saturated heterocycles. The average molecular weight is 974 g/mol. The molecule has 73 heavy (non-hydrogen) atoms. The summed E-state index contributed by atoms with van der Waals surface area (Å²) in [6.07, 6.45) is 1.08. The smallest absolute Gasteiger partial charge is 0.268 e. The average Bonchev–Trinajstić information content (AvgIpc) is 3.80. The van der Waals surface area contributed by atoms with E-state index >= 15 is 0 Å². The summed E-state index contributed by atoms with van der Waals surface area (Å²) in [6.45, 7) is 32.4.